The topological polar surface area (TPSA) is 23.5 Å². The van der Waals surface area contributed by atoms with Gasteiger partial charge in [-0.25, -0.2) is 4.39 Å². The van der Waals surface area contributed by atoms with Gasteiger partial charge >= 0.3 is 0 Å². The van der Waals surface area contributed by atoms with Crippen LogP contribution in [0.1, 0.15) is 50.7 Å². The van der Waals surface area contributed by atoms with Gasteiger partial charge in [-0.3, -0.25) is 0 Å². The van der Waals surface area contributed by atoms with Crippen molar-refractivity contribution in [3.05, 3.63) is 29.6 Å². The molecule has 0 aromatic heterocycles. The molecular formula is C16H22FNO. The van der Waals surface area contributed by atoms with E-state index in [0.717, 1.165) is 18.2 Å². The Morgan fingerprint density at radius 3 is 2.84 bits per heavy atom. The summed E-state index contributed by atoms with van der Waals surface area (Å²) in [5.41, 5.74) is 1.38. The zero-order chi connectivity index (χ0) is 13.4. The average molecular weight is 263 g/mol. The maximum atomic E-state index is 14.0. The minimum atomic E-state index is -0.752. The minimum Gasteiger partial charge on any atom is -0.389 e. The molecule has 2 fully saturated rings. The molecule has 19 heavy (non-hydrogen) atoms. The van der Waals surface area contributed by atoms with Crippen LogP contribution in [-0.4, -0.2) is 17.7 Å². The minimum absolute atomic E-state index is 0.285. The monoisotopic (exact) mass is 263 g/mol. The Labute approximate surface area is 114 Å². The van der Waals surface area contributed by atoms with E-state index < -0.39 is 6.10 Å². The lowest BCUT2D eigenvalue weighted by Gasteiger charge is -2.40. The van der Waals surface area contributed by atoms with Crippen LogP contribution in [0.2, 0.25) is 0 Å². The number of rotatable bonds is 2. The quantitative estimate of drug-likeness (QED) is 0.880. The van der Waals surface area contributed by atoms with E-state index in [1.165, 1.54) is 38.2 Å². The van der Waals surface area contributed by atoms with Crippen molar-refractivity contribution in [3.63, 3.8) is 0 Å². The Morgan fingerprint density at radius 2 is 2.05 bits per heavy atom. The van der Waals surface area contributed by atoms with Crippen molar-refractivity contribution >= 4 is 5.69 Å². The molecule has 2 unspecified atom stereocenters. The first-order valence-electron chi connectivity index (χ1n) is 7.41. The number of anilines is 1. The molecule has 1 saturated carbocycles. The van der Waals surface area contributed by atoms with Gasteiger partial charge in [0.1, 0.15) is 5.82 Å². The van der Waals surface area contributed by atoms with Crippen molar-refractivity contribution in [1.82, 2.24) is 0 Å². The highest BCUT2D eigenvalue weighted by Gasteiger charge is 2.36. The largest absolute Gasteiger partial charge is 0.389 e. The molecule has 0 bridgehead atoms. The van der Waals surface area contributed by atoms with Crippen LogP contribution in [0.25, 0.3) is 0 Å². The molecule has 2 aliphatic rings. The van der Waals surface area contributed by atoms with Crippen LogP contribution in [0.4, 0.5) is 10.1 Å². The fraction of sp³-hybridized carbons (Fsp3) is 0.625. The van der Waals surface area contributed by atoms with Crippen LogP contribution in [0, 0.1) is 11.7 Å². The standard InChI is InChI=1S/C16H22FNO/c1-11(19)16-13(17)7-3-9-15(16)18-10-4-6-12-5-2-8-14(12)18/h3,7,9,11-12,14,19H,2,4-6,8,10H2,1H3/t11-,12?,14?/m0/s1. The number of aliphatic hydroxyl groups excluding tert-OH is 1. The fourth-order valence-corrected chi connectivity index (χ4v) is 3.94. The molecule has 3 atom stereocenters. The number of piperidine rings is 1. The van der Waals surface area contributed by atoms with E-state index in [0.29, 0.717) is 11.6 Å². The van der Waals surface area contributed by atoms with Gasteiger partial charge in [0, 0.05) is 23.8 Å². The van der Waals surface area contributed by atoms with Crippen LogP contribution in [-0.2, 0) is 0 Å². The number of fused-ring (bicyclic) bond motifs is 1. The molecule has 1 aliphatic heterocycles. The molecule has 1 N–H and O–H groups in total. The molecule has 1 aromatic carbocycles. The van der Waals surface area contributed by atoms with Crippen molar-refractivity contribution in [2.24, 2.45) is 5.92 Å². The Kier molecular flexibility index (Phi) is 3.48. The second kappa shape index (κ2) is 5.12. The smallest absolute Gasteiger partial charge is 0.131 e. The van der Waals surface area contributed by atoms with E-state index >= 15 is 0 Å². The van der Waals surface area contributed by atoms with Gasteiger partial charge in [-0.2, -0.15) is 0 Å². The zero-order valence-electron chi connectivity index (χ0n) is 11.5. The van der Waals surface area contributed by atoms with Crippen LogP contribution in [0.3, 0.4) is 0 Å². The molecule has 1 aliphatic carbocycles. The van der Waals surface area contributed by atoms with Crippen LogP contribution < -0.4 is 4.90 Å². The number of hydrogen-bond donors (Lipinski definition) is 1. The Hall–Kier alpha value is -1.09. The fourth-order valence-electron chi connectivity index (χ4n) is 3.94. The first-order valence-corrected chi connectivity index (χ1v) is 7.41. The molecule has 1 heterocycles. The van der Waals surface area contributed by atoms with Gasteiger partial charge in [0.15, 0.2) is 0 Å². The van der Waals surface area contributed by atoms with Gasteiger partial charge in [0.25, 0.3) is 0 Å². The summed E-state index contributed by atoms with van der Waals surface area (Å²) >= 11 is 0. The molecule has 0 radical (unpaired) electrons. The normalized spacial score (nSPS) is 28.3. The van der Waals surface area contributed by atoms with Gasteiger partial charge in [-0.05, 0) is 50.7 Å². The van der Waals surface area contributed by atoms with E-state index in [9.17, 15) is 9.50 Å². The predicted molar refractivity (Wildman–Crippen MR) is 74.7 cm³/mol. The maximum Gasteiger partial charge on any atom is 0.131 e. The van der Waals surface area contributed by atoms with Crippen LogP contribution >= 0.6 is 0 Å². The zero-order valence-corrected chi connectivity index (χ0v) is 11.5. The number of hydrogen-bond acceptors (Lipinski definition) is 2. The van der Waals surface area contributed by atoms with E-state index in [1.54, 1.807) is 13.0 Å². The highest BCUT2D eigenvalue weighted by Crippen LogP contribution is 2.41. The Morgan fingerprint density at radius 1 is 1.26 bits per heavy atom. The van der Waals surface area contributed by atoms with Crippen molar-refractivity contribution in [3.8, 4) is 0 Å². The second-order valence-corrected chi connectivity index (χ2v) is 5.94. The third-order valence-corrected chi connectivity index (χ3v) is 4.75. The summed E-state index contributed by atoms with van der Waals surface area (Å²) in [6, 6.07) is 5.72. The summed E-state index contributed by atoms with van der Waals surface area (Å²) in [4.78, 5) is 2.35. The van der Waals surface area contributed by atoms with E-state index in [1.807, 2.05) is 6.07 Å². The summed E-state index contributed by atoms with van der Waals surface area (Å²) in [6.45, 7) is 2.64. The summed E-state index contributed by atoms with van der Waals surface area (Å²) in [5.74, 6) is 0.478. The molecule has 0 spiro atoms. The lowest BCUT2D eigenvalue weighted by Crippen LogP contribution is -2.43. The maximum absolute atomic E-state index is 14.0. The Balaban J connectivity index is 1.99. The van der Waals surface area contributed by atoms with E-state index in [-0.39, 0.29) is 5.82 Å². The predicted octanol–water partition coefficient (Wildman–Crippen LogP) is 3.65. The molecule has 3 rings (SSSR count). The molecule has 1 aromatic rings. The van der Waals surface area contributed by atoms with E-state index in [4.69, 9.17) is 0 Å². The van der Waals surface area contributed by atoms with Crippen LogP contribution in [0.5, 0.6) is 0 Å². The third-order valence-electron chi connectivity index (χ3n) is 4.75. The van der Waals surface area contributed by atoms with Gasteiger partial charge in [0.2, 0.25) is 0 Å². The SMILES string of the molecule is C[C@H](O)c1c(F)cccc1N1CCCC2CCCC21. The first kappa shape index (κ1) is 12.9. The number of nitrogens with zero attached hydrogens (tertiary/aromatic N) is 1. The summed E-state index contributed by atoms with van der Waals surface area (Å²) < 4.78 is 14.0. The summed E-state index contributed by atoms with van der Waals surface area (Å²) in [5, 5.41) is 9.89. The van der Waals surface area contributed by atoms with Gasteiger partial charge in [-0.1, -0.05) is 12.5 Å². The molecule has 3 heteroatoms. The number of aliphatic hydroxyl groups is 1. The number of halogens is 1. The van der Waals surface area contributed by atoms with Gasteiger partial charge < -0.3 is 10.0 Å². The molecule has 104 valence electrons. The van der Waals surface area contributed by atoms with E-state index in [2.05, 4.69) is 4.90 Å². The molecule has 1 saturated heterocycles. The number of benzene rings is 1. The first-order chi connectivity index (χ1) is 9.18. The molecule has 0 amide bonds. The van der Waals surface area contributed by atoms with Crippen molar-refractivity contribution in [2.45, 2.75) is 51.2 Å². The van der Waals surface area contributed by atoms with Crippen molar-refractivity contribution in [1.29, 1.82) is 0 Å². The Bertz CT molecular complexity index is 460. The van der Waals surface area contributed by atoms with Crippen molar-refractivity contribution in [2.75, 3.05) is 11.4 Å². The van der Waals surface area contributed by atoms with Gasteiger partial charge in [0.05, 0.1) is 6.10 Å². The van der Waals surface area contributed by atoms with Crippen LogP contribution in [0.15, 0.2) is 18.2 Å². The average Bonchev–Trinajstić information content (AvgIpc) is 2.85. The van der Waals surface area contributed by atoms with Crippen molar-refractivity contribution < 1.29 is 9.50 Å². The molecular weight excluding hydrogens is 241 g/mol. The lowest BCUT2D eigenvalue weighted by molar-refractivity contribution is 0.194. The lowest BCUT2D eigenvalue weighted by atomic mass is 9.90. The second-order valence-electron chi connectivity index (χ2n) is 5.94. The highest BCUT2D eigenvalue weighted by atomic mass is 19.1. The van der Waals surface area contributed by atoms with Gasteiger partial charge in [-0.15, -0.1) is 0 Å². The summed E-state index contributed by atoms with van der Waals surface area (Å²) in [7, 11) is 0. The third kappa shape index (κ3) is 2.25. The highest BCUT2D eigenvalue weighted by molar-refractivity contribution is 5.56. The summed E-state index contributed by atoms with van der Waals surface area (Å²) in [6.07, 6.45) is 5.53. The molecule has 2 nitrogen and oxygen atoms in total.